The second-order valence-corrected chi connectivity index (χ2v) is 4.83. The fourth-order valence-electron chi connectivity index (χ4n) is 1.98. The molecular weight excluding hydrogens is 266 g/mol. The predicted molar refractivity (Wildman–Crippen MR) is 83.0 cm³/mol. The molecule has 1 N–H and O–H groups in total. The molecule has 2 rings (SSSR count). The van der Waals surface area contributed by atoms with Crippen molar-refractivity contribution in [2.45, 2.75) is 13.8 Å². The maximum Gasteiger partial charge on any atom is 0.262 e. The zero-order valence-electron chi connectivity index (χ0n) is 12.5. The second-order valence-electron chi connectivity index (χ2n) is 4.83. The van der Waals surface area contributed by atoms with Crippen LogP contribution < -0.4 is 14.8 Å². The normalized spacial score (nSPS) is 10.0. The molecule has 0 spiro atoms. The third-order valence-corrected chi connectivity index (χ3v) is 3.06. The van der Waals surface area contributed by atoms with Crippen molar-refractivity contribution in [1.82, 2.24) is 0 Å². The summed E-state index contributed by atoms with van der Waals surface area (Å²) in [5.74, 6) is 1.28. The monoisotopic (exact) mass is 285 g/mol. The molecule has 0 aromatic heterocycles. The molecule has 0 saturated carbocycles. The van der Waals surface area contributed by atoms with E-state index in [-0.39, 0.29) is 12.5 Å². The number of methoxy groups -OCH3 is 1. The minimum Gasteiger partial charge on any atom is -0.497 e. The summed E-state index contributed by atoms with van der Waals surface area (Å²) in [4.78, 5) is 11.9. The van der Waals surface area contributed by atoms with Gasteiger partial charge in [0.05, 0.1) is 7.11 Å². The topological polar surface area (TPSA) is 47.6 Å². The lowest BCUT2D eigenvalue weighted by molar-refractivity contribution is -0.118. The van der Waals surface area contributed by atoms with Crippen LogP contribution >= 0.6 is 0 Å². The van der Waals surface area contributed by atoms with Crippen molar-refractivity contribution in [3.05, 3.63) is 53.6 Å². The maximum atomic E-state index is 11.9. The summed E-state index contributed by atoms with van der Waals surface area (Å²) >= 11 is 0. The standard InChI is InChI=1S/C17H19NO3/c1-12-4-9-16(13(2)10-12)21-11-17(19)18-14-5-7-15(20-3)8-6-14/h4-10H,11H2,1-3H3,(H,18,19). The van der Waals surface area contributed by atoms with Crippen LogP contribution in [0.25, 0.3) is 0 Å². The largest absolute Gasteiger partial charge is 0.497 e. The van der Waals surface area contributed by atoms with Crippen LogP contribution in [0.3, 0.4) is 0 Å². The van der Waals surface area contributed by atoms with Crippen molar-refractivity contribution in [2.75, 3.05) is 19.0 Å². The van der Waals surface area contributed by atoms with Crippen LogP contribution in [0.5, 0.6) is 11.5 Å². The molecule has 4 heteroatoms. The van der Waals surface area contributed by atoms with Crippen molar-refractivity contribution in [1.29, 1.82) is 0 Å². The van der Waals surface area contributed by atoms with Crippen LogP contribution in [0.1, 0.15) is 11.1 Å². The molecule has 2 aromatic rings. The number of aryl methyl sites for hydroxylation is 2. The molecule has 110 valence electrons. The second kappa shape index (κ2) is 6.79. The van der Waals surface area contributed by atoms with Crippen LogP contribution in [-0.2, 0) is 4.79 Å². The average Bonchev–Trinajstić information content (AvgIpc) is 2.47. The Morgan fingerprint density at radius 3 is 2.43 bits per heavy atom. The third kappa shape index (κ3) is 4.24. The molecule has 0 saturated heterocycles. The van der Waals surface area contributed by atoms with E-state index in [1.807, 2.05) is 32.0 Å². The van der Waals surface area contributed by atoms with E-state index >= 15 is 0 Å². The molecule has 0 fully saturated rings. The molecular formula is C17H19NO3. The van der Waals surface area contributed by atoms with Gasteiger partial charge in [0.25, 0.3) is 5.91 Å². The quantitative estimate of drug-likeness (QED) is 0.916. The number of nitrogens with one attached hydrogen (secondary N) is 1. The van der Waals surface area contributed by atoms with E-state index < -0.39 is 0 Å². The van der Waals surface area contributed by atoms with E-state index in [2.05, 4.69) is 5.32 Å². The predicted octanol–water partition coefficient (Wildman–Crippen LogP) is 3.33. The number of carbonyl (C=O) groups is 1. The number of hydrogen-bond donors (Lipinski definition) is 1. The zero-order chi connectivity index (χ0) is 15.2. The molecule has 0 unspecified atom stereocenters. The van der Waals surface area contributed by atoms with Gasteiger partial charge in [0, 0.05) is 5.69 Å². The molecule has 21 heavy (non-hydrogen) atoms. The number of ether oxygens (including phenoxy) is 2. The highest BCUT2D eigenvalue weighted by Crippen LogP contribution is 2.19. The van der Waals surface area contributed by atoms with E-state index in [1.165, 1.54) is 5.56 Å². The molecule has 0 radical (unpaired) electrons. The first-order valence-corrected chi connectivity index (χ1v) is 6.72. The van der Waals surface area contributed by atoms with Gasteiger partial charge in [0.2, 0.25) is 0 Å². The number of hydrogen-bond acceptors (Lipinski definition) is 3. The first-order valence-electron chi connectivity index (χ1n) is 6.72. The number of rotatable bonds is 5. The lowest BCUT2D eigenvalue weighted by Gasteiger charge is -2.10. The fourth-order valence-corrected chi connectivity index (χ4v) is 1.98. The summed E-state index contributed by atoms with van der Waals surface area (Å²) in [6.45, 7) is 3.97. The Labute approximate surface area is 124 Å². The van der Waals surface area contributed by atoms with Crippen molar-refractivity contribution in [3.63, 3.8) is 0 Å². The van der Waals surface area contributed by atoms with Crippen LogP contribution in [0, 0.1) is 13.8 Å². The minimum atomic E-state index is -0.194. The molecule has 0 heterocycles. The first kappa shape index (κ1) is 14.9. The smallest absolute Gasteiger partial charge is 0.262 e. The van der Waals surface area contributed by atoms with Crippen LogP contribution in [0.4, 0.5) is 5.69 Å². The molecule has 0 atom stereocenters. The van der Waals surface area contributed by atoms with E-state index in [9.17, 15) is 4.79 Å². The van der Waals surface area contributed by atoms with Crippen LogP contribution in [0.2, 0.25) is 0 Å². The van der Waals surface area contributed by atoms with Gasteiger partial charge in [-0.15, -0.1) is 0 Å². The summed E-state index contributed by atoms with van der Waals surface area (Å²) in [7, 11) is 1.60. The number of amides is 1. The molecule has 4 nitrogen and oxygen atoms in total. The van der Waals surface area contributed by atoms with Gasteiger partial charge < -0.3 is 14.8 Å². The van der Waals surface area contributed by atoms with Gasteiger partial charge in [-0.05, 0) is 49.7 Å². The first-order chi connectivity index (χ1) is 10.1. The Morgan fingerprint density at radius 2 is 1.81 bits per heavy atom. The van der Waals surface area contributed by atoms with Gasteiger partial charge in [0.1, 0.15) is 11.5 Å². The van der Waals surface area contributed by atoms with Gasteiger partial charge in [-0.1, -0.05) is 17.7 Å². The zero-order valence-corrected chi connectivity index (χ0v) is 12.5. The van der Waals surface area contributed by atoms with E-state index in [0.717, 1.165) is 17.1 Å². The summed E-state index contributed by atoms with van der Waals surface area (Å²) in [6, 6.07) is 13.0. The lowest BCUT2D eigenvalue weighted by Crippen LogP contribution is -2.20. The van der Waals surface area contributed by atoms with E-state index in [4.69, 9.17) is 9.47 Å². The van der Waals surface area contributed by atoms with Gasteiger partial charge in [-0.25, -0.2) is 0 Å². The van der Waals surface area contributed by atoms with Crippen molar-refractivity contribution < 1.29 is 14.3 Å². The fraction of sp³-hybridized carbons (Fsp3) is 0.235. The van der Waals surface area contributed by atoms with Crippen LogP contribution in [0.15, 0.2) is 42.5 Å². The van der Waals surface area contributed by atoms with Crippen LogP contribution in [-0.4, -0.2) is 19.6 Å². The lowest BCUT2D eigenvalue weighted by atomic mass is 10.1. The summed E-state index contributed by atoms with van der Waals surface area (Å²) < 4.78 is 10.6. The Hall–Kier alpha value is -2.49. The van der Waals surface area contributed by atoms with Gasteiger partial charge in [-0.3, -0.25) is 4.79 Å². The Balaban J connectivity index is 1.89. The summed E-state index contributed by atoms with van der Waals surface area (Å²) in [6.07, 6.45) is 0. The van der Waals surface area contributed by atoms with Crippen molar-refractivity contribution >= 4 is 11.6 Å². The number of benzene rings is 2. The van der Waals surface area contributed by atoms with E-state index in [1.54, 1.807) is 31.4 Å². The number of anilines is 1. The molecule has 0 aliphatic carbocycles. The Kier molecular flexibility index (Phi) is 4.82. The van der Waals surface area contributed by atoms with Crippen molar-refractivity contribution in [2.24, 2.45) is 0 Å². The highest BCUT2D eigenvalue weighted by Gasteiger charge is 2.06. The Morgan fingerprint density at radius 1 is 1.10 bits per heavy atom. The maximum absolute atomic E-state index is 11.9. The molecule has 2 aromatic carbocycles. The Bertz CT molecular complexity index is 620. The minimum absolute atomic E-state index is 0.0179. The highest BCUT2D eigenvalue weighted by atomic mass is 16.5. The number of carbonyl (C=O) groups excluding carboxylic acids is 1. The SMILES string of the molecule is COc1ccc(NC(=O)COc2ccc(C)cc2C)cc1. The molecule has 0 aliphatic heterocycles. The highest BCUT2D eigenvalue weighted by molar-refractivity contribution is 5.91. The molecule has 0 bridgehead atoms. The van der Waals surface area contributed by atoms with Gasteiger partial charge in [0.15, 0.2) is 6.61 Å². The molecule has 0 aliphatic rings. The van der Waals surface area contributed by atoms with Crippen molar-refractivity contribution in [3.8, 4) is 11.5 Å². The average molecular weight is 285 g/mol. The van der Waals surface area contributed by atoms with Gasteiger partial charge >= 0.3 is 0 Å². The molecule has 1 amide bonds. The van der Waals surface area contributed by atoms with E-state index in [0.29, 0.717) is 5.69 Å². The summed E-state index contributed by atoms with van der Waals surface area (Å²) in [5.41, 5.74) is 2.90. The summed E-state index contributed by atoms with van der Waals surface area (Å²) in [5, 5.41) is 2.77. The van der Waals surface area contributed by atoms with Gasteiger partial charge in [-0.2, -0.15) is 0 Å². The third-order valence-electron chi connectivity index (χ3n) is 3.06.